The quantitative estimate of drug-likeness (QED) is 0.634. The molecule has 3 nitrogen and oxygen atoms in total. The van der Waals surface area contributed by atoms with Gasteiger partial charge in [0.1, 0.15) is 11.4 Å². The van der Waals surface area contributed by atoms with Gasteiger partial charge in [0.05, 0.1) is 12.8 Å². The maximum atomic E-state index is 12.8. The minimum absolute atomic E-state index is 0.189. The molecule has 1 aromatic rings. The minimum atomic E-state index is -0.216. The summed E-state index contributed by atoms with van der Waals surface area (Å²) < 4.78 is 25.1. The predicted octanol–water partition coefficient (Wildman–Crippen LogP) is 5.63. The number of rotatable bonds is 5. The first-order chi connectivity index (χ1) is 12.4. The molecule has 0 aromatic heterocycles. The second-order valence-electron chi connectivity index (χ2n) is 8.45. The number of anilines is 1. The summed E-state index contributed by atoms with van der Waals surface area (Å²) in [7, 11) is 0. The van der Waals surface area contributed by atoms with Crippen molar-refractivity contribution in [2.24, 2.45) is 5.92 Å². The van der Waals surface area contributed by atoms with E-state index >= 15 is 0 Å². The van der Waals surface area contributed by atoms with E-state index in [9.17, 15) is 4.39 Å². The van der Waals surface area contributed by atoms with E-state index in [4.69, 9.17) is 9.47 Å². The first-order valence-electron chi connectivity index (χ1n) is 9.88. The van der Waals surface area contributed by atoms with E-state index in [1.54, 1.807) is 0 Å². The molecule has 0 saturated heterocycles. The highest BCUT2D eigenvalue weighted by Crippen LogP contribution is 2.36. The summed E-state index contributed by atoms with van der Waals surface area (Å²) in [6, 6.07) is 6.37. The van der Waals surface area contributed by atoms with Crippen LogP contribution in [-0.4, -0.2) is 24.9 Å². The van der Waals surface area contributed by atoms with Crippen LogP contribution in [0.4, 0.5) is 10.1 Å². The number of ether oxygens (including phenoxy) is 2. The Balaban J connectivity index is 1.66. The highest BCUT2D eigenvalue weighted by atomic mass is 19.1. The van der Waals surface area contributed by atoms with Crippen molar-refractivity contribution in [1.29, 1.82) is 0 Å². The van der Waals surface area contributed by atoms with Crippen molar-refractivity contribution < 1.29 is 13.9 Å². The van der Waals surface area contributed by atoms with Crippen molar-refractivity contribution in [2.45, 2.75) is 71.5 Å². The van der Waals surface area contributed by atoms with Gasteiger partial charge in [0.2, 0.25) is 0 Å². The maximum Gasteiger partial charge on any atom is 0.189 e. The normalized spacial score (nSPS) is 23.7. The van der Waals surface area contributed by atoms with Crippen LogP contribution in [-0.2, 0) is 11.2 Å². The molecule has 0 bridgehead atoms. The van der Waals surface area contributed by atoms with Gasteiger partial charge in [-0.2, -0.15) is 0 Å². The van der Waals surface area contributed by atoms with Gasteiger partial charge in [0.25, 0.3) is 0 Å². The Hall–Kier alpha value is -1.71. The lowest BCUT2D eigenvalue weighted by Gasteiger charge is -2.30. The Kier molecular flexibility index (Phi) is 5.79. The average Bonchev–Trinajstić information content (AvgIpc) is 3.02. The van der Waals surface area contributed by atoms with Crippen LogP contribution in [0, 0.1) is 5.92 Å². The Bertz CT molecular complexity index is 642. The predicted molar refractivity (Wildman–Crippen MR) is 104 cm³/mol. The lowest BCUT2D eigenvalue weighted by molar-refractivity contribution is 0.0481. The summed E-state index contributed by atoms with van der Waals surface area (Å²) in [5, 5.41) is 0. The lowest BCUT2D eigenvalue weighted by atomic mass is 9.88. The van der Waals surface area contributed by atoms with Crippen molar-refractivity contribution in [2.75, 3.05) is 18.1 Å². The molecule has 0 spiro atoms. The van der Waals surface area contributed by atoms with Crippen LogP contribution in [0.25, 0.3) is 0 Å². The zero-order valence-electron chi connectivity index (χ0n) is 16.6. The average molecular weight is 362 g/mol. The van der Waals surface area contributed by atoms with E-state index in [0.717, 1.165) is 50.3 Å². The second kappa shape index (κ2) is 7.89. The number of halogens is 1. The van der Waals surface area contributed by atoms with Gasteiger partial charge < -0.3 is 14.4 Å². The van der Waals surface area contributed by atoms with Gasteiger partial charge in [0, 0.05) is 12.2 Å². The largest absolute Gasteiger partial charge is 0.490 e. The van der Waals surface area contributed by atoms with E-state index in [1.165, 1.54) is 11.3 Å². The molecule has 0 radical (unpaired) electrons. The first kappa shape index (κ1) is 19.1. The maximum absolute atomic E-state index is 12.8. The van der Waals surface area contributed by atoms with Crippen LogP contribution >= 0.6 is 0 Å². The molecular weight excluding hydrogens is 329 g/mol. The molecule has 1 saturated carbocycles. The Morgan fingerprint density at radius 3 is 2.58 bits per heavy atom. The molecule has 1 aromatic carbocycles. The van der Waals surface area contributed by atoms with Gasteiger partial charge in [-0.25, -0.2) is 0 Å². The molecule has 0 atom stereocenters. The summed E-state index contributed by atoms with van der Waals surface area (Å²) in [5.74, 6) is 2.09. The van der Waals surface area contributed by atoms with Crippen molar-refractivity contribution in [3.05, 3.63) is 35.7 Å². The number of hydrogen-bond acceptors (Lipinski definition) is 3. The molecule has 1 fully saturated rings. The number of nitrogens with zero attached hydrogens (tertiary/aromatic N) is 1. The van der Waals surface area contributed by atoms with Crippen LogP contribution in [0.2, 0.25) is 0 Å². The number of alkyl halides is 1. The molecule has 26 heavy (non-hydrogen) atoms. The van der Waals surface area contributed by atoms with Crippen LogP contribution in [0.5, 0.6) is 5.75 Å². The Morgan fingerprint density at radius 1 is 1.23 bits per heavy atom. The summed E-state index contributed by atoms with van der Waals surface area (Å²) >= 11 is 0. The topological polar surface area (TPSA) is 21.7 Å². The molecule has 2 aliphatic rings. The standard InChI is InChI=1S/C22H32FNO2/c1-5-21(26-22(2,3)4)24-13-12-17-14-19(10-11-20(17)24)25-18-8-6-16(15-23)7-9-18/h5,10-11,14,16,18H,6-9,12-13,15H2,1-4H3. The van der Waals surface area contributed by atoms with Gasteiger partial charge in [0.15, 0.2) is 5.88 Å². The summed E-state index contributed by atoms with van der Waals surface area (Å²) in [5.41, 5.74) is 2.29. The Labute approximate surface area is 157 Å². The van der Waals surface area contributed by atoms with Crippen LogP contribution < -0.4 is 9.64 Å². The van der Waals surface area contributed by atoms with Crippen LogP contribution in [0.3, 0.4) is 0 Å². The molecule has 0 amide bonds. The summed E-state index contributed by atoms with van der Waals surface area (Å²) in [6.45, 7) is 8.97. The monoisotopic (exact) mass is 361 g/mol. The fourth-order valence-corrected chi connectivity index (χ4v) is 3.86. The third-order valence-electron chi connectivity index (χ3n) is 5.18. The molecular formula is C22H32FNO2. The summed E-state index contributed by atoms with van der Waals surface area (Å²) in [6.07, 6.45) is 7.05. The fraction of sp³-hybridized carbons (Fsp3) is 0.636. The molecule has 1 aliphatic heterocycles. The molecule has 0 N–H and O–H groups in total. The second-order valence-corrected chi connectivity index (χ2v) is 8.45. The molecule has 1 heterocycles. The van der Waals surface area contributed by atoms with Gasteiger partial charge in [-0.3, -0.25) is 4.39 Å². The van der Waals surface area contributed by atoms with E-state index in [1.807, 2.05) is 13.0 Å². The van der Waals surface area contributed by atoms with E-state index in [0.29, 0.717) is 0 Å². The van der Waals surface area contributed by atoms with Crippen molar-refractivity contribution in [3.8, 4) is 5.75 Å². The van der Waals surface area contributed by atoms with Gasteiger partial charge in [-0.1, -0.05) is 0 Å². The third-order valence-corrected chi connectivity index (χ3v) is 5.18. The van der Waals surface area contributed by atoms with E-state index in [2.05, 4.69) is 43.9 Å². The smallest absolute Gasteiger partial charge is 0.189 e. The number of hydrogen-bond donors (Lipinski definition) is 0. The number of allylic oxidation sites excluding steroid dienone is 1. The van der Waals surface area contributed by atoms with Crippen LogP contribution in [0.15, 0.2) is 30.2 Å². The van der Waals surface area contributed by atoms with Gasteiger partial charge in [-0.15, -0.1) is 0 Å². The zero-order chi connectivity index (χ0) is 18.7. The van der Waals surface area contributed by atoms with Crippen LogP contribution in [0.1, 0.15) is 58.9 Å². The summed E-state index contributed by atoms with van der Waals surface area (Å²) in [4.78, 5) is 2.25. The molecule has 3 rings (SSSR count). The number of benzene rings is 1. The minimum Gasteiger partial charge on any atom is -0.490 e. The van der Waals surface area contributed by atoms with Gasteiger partial charge >= 0.3 is 0 Å². The van der Waals surface area contributed by atoms with Crippen molar-refractivity contribution >= 4 is 5.69 Å². The first-order valence-corrected chi connectivity index (χ1v) is 9.88. The number of fused-ring (bicyclic) bond motifs is 1. The molecule has 144 valence electrons. The van der Waals surface area contributed by atoms with E-state index < -0.39 is 0 Å². The highest BCUT2D eigenvalue weighted by molar-refractivity contribution is 5.63. The van der Waals surface area contributed by atoms with E-state index in [-0.39, 0.29) is 24.3 Å². The molecule has 4 heteroatoms. The molecule has 0 unspecified atom stereocenters. The molecule has 1 aliphatic carbocycles. The highest BCUT2D eigenvalue weighted by Gasteiger charge is 2.27. The SMILES string of the molecule is CC=C(OC(C)(C)C)N1CCc2cc(OC3CCC(CF)CC3)ccc21. The third kappa shape index (κ3) is 4.52. The lowest BCUT2D eigenvalue weighted by Crippen LogP contribution is -2.29. The van der Waals surface area contributed by atoms with Gasteiger partial charge in [-0.05, 0) is 95.6 Å². The fourth-order valence-electron chi connectivity index (χ4n) is 3.86. The van der Waals surface area contributed by atoms with Crippen molar-refractivity contribution in [1.82, 2.24) is 0 Å². The zero-order valence-corrected chi connectivity index (χ0v) is 16.6. The Morgan fingerprint density at radius 2 is 1.96 bits per heavy atom. The van der Waals surface area contributed by atoms with Crippen molar-refractivity contribution in [3.63, 3.8) is 0 Å².